The molecule has 17 heavy (non-hydrogen) atoms. The lowest BCUT2D eigenvalue weighted by molar-refractivity contribution is 0.418. The molecule has 0 fully saturated rings. The lowest BCUT2D eigenvalue weighted by atomic mass is 9.93. The van der Waals surface area contributed by atoms with E-state index >= 15 is 0 Å². The topological polar surface area (TPSA) is 60.7 Å². The maximum absolute atomic E-state index is 9.35. The van der Waals surface area contributed by atoms with Crippen LogP contribution in [0, 0.1) is 5.92 Å². The van der Waals surface area contributed by atoms with E-state index in [1.165, 1.54) is 6.07 Å². The van der Waals surface area contributed by atoms with Gasteiger partial charge in [-0.2, -0.15) is 0 Å². The lowest BCUT2D eigenvalue weighted by Gasteiger charge is -2.14. The minimum atomic E-state index is 0.0942. The Bertz CT molecular complexity index is 440. The average Bonchev–Trinajstić information content (AvgIpc) is 2.27. The Morgan fingerprint density at radius 3 is 2.35 bits per heavy atom. The van der Waals surface area contributed by atoms with Gasteiger partial charge in [0.15, 0.2) is 0 Å². The van der Waals surface area contributed by atoms with Gasteiger partial charge in [-0.05, 0) is 55.0 Å². The molecule has 90 valence electrons. The zero-order valence-electron chi connectivity index (χ0n) is 9.50. The van der Waals surface area contributed by atoms with E-state index in [9.17, 15) is 15.3 Å². The number of rotatable bonds is 3. The number of aromatic hydroxyl groups is 2. The summed E-state index contributed by atoms with van der Waals surface area (Å²) in [5, 5.41) is 27.9. The first kappa shape index (κ1) is 11.6. The molecular formula is C14H16O3. The van der Waals surface area contributed by atoms with Crippen LogP contribution in [0.5, 0.6) is 11.5 Å². The molecule has 0 aromatic heterocycles. The van der Waals surface area contributed by atoms with Crippen molar-refractivity contribution in [3.63, 3.8) is 0 Å². The predicted molar refractivity (Wildman–Crippen MR) is 66.1 cm³/mol. The Balaban J connectivity index is 1.92. The van der Waals surface area contributed by atoms with E-state index in [1.807, 2.05) is 12.2 Å². The van der Waals surface area contributed by atoms with Gasteiger partial charge in [0.1, 0.15) is 17.3 Å². The van der Waals surface area contributed by atoms with Gasteiger partial charge < -0.3 is 15.3 Å². The smallest absolute Gasteiger partial charge is 0.119 e. The molecule has 1 atom stereocenters. The van der Waals surface area contributed by atoms with E-state index in [-0.39, 0.29) is 11.5 Å². The summed E-state index contributed by atoms with van der Waals surface area (Å²) in [6.45, 7) is 0. The molecule has 0 bridgehead atoms. The van der Waals surface area contributed by atoms with Crippen molar-refractivity contribution in [2.45, 2.75) is 19.3 Å². The van der Waals surface area contributed by atoms with Gasteiger partial charge >= 0.3 is 0 Å². The van der Waals surface area contributed by atoms with E-state index in [0.29, 0.717) is 11.7 Å². The zero-order valence-corrected chi connectivity index (χ0v) is 9.50. The summed E-state index contributed by atoms with van der Waals surface area (Å²) in [5.74, 6) is 0.931. The van der Waals surface area contributed by atoms with Crippen LogP contribution in [-0.2, 0) is 6.42 Å². The molecule has 1 unspecified atom stereocenters. The summed E-state index contributed by atoms with van der Waals surface area (Å²) in [4.78, 5) is 0. The van der Waals surface area contributed by atoms with Crippen LogP contribution in [0.2, 0.25) is 0 Å². The number of aryl methyl sites for hydroxylation is 1. The van der Waals surface area contributed by atoms with Gasteiger partial charge in [-0.25, -0.2) is 0 Å². The minimum absolute atomic E-state index is 0.0942. The second kappa shape index (κ2) is 4.95. The number of benzene rings is 1. The van der Waals surface area contributed by atoms with Crippen LogP contribution in [0.1, 0.15) is 18.4 Å². The normalized spacial score (nSPS) is 19.1. The van der Waals surface area contributed by atoms with Crippen molar-refractivity contribution < 1.29 is 15.3 Å². The number of phenols is 2. The monoisotopic (exact) mass is 232 g/mol. The summed E-state index contributed by atoms with van der Waals surface area (Å²) in [7, 11) is 0. The maximum Gasteiger partial charge on any atom is 0.119 e. The van der Waals surface area contributed by atoms with Gasteiger partial charge in [-0.3, -0.25) is 0 Å². The van der Waals surface area contributed by atoms with Crippen LogP contribution in [-0.4, -0.2) is 15.3 Å². The molecule has 0 aliphatic heterocycles. The van der Waals surface area contributed by atoms with E-state index < -0.39 is 0 Å². The summed E-state index contributed by atoms with van der Waals surface area (Å²) < 4.78 is 0. The van der Waals surface area contributed by atoms with E-state index in [1.54, 1.807) is 18.2 Å². The predicted octanol–water partition coefficient (Wildman–Crippen LogP) is 3.05. The van der Waals surface area contributed by atoms with Crippen molar-refractivity contribution in [2.75, 3.05) is 0 Å². The number of hydrogen-bond donors (Lipinski definition) is 3. The van der Waals surface area contributed by atoms with Crippen LogP contribution in [0.15, 0.2) is 42.2 Å². The fourth-order valence-electron chi connectivity index (χ4n) is 2.02. The third kappa shape index (κ3) is 3.28. The highest BCUT2D eigenvalue weighted by atomic mass is 16.3. The molecule has 0 amide bonds. The Kier molecular flexibility index (Phi) is 3.38. The van der Waals surface area contributed by atoms with E-state index in [4.69, 9.17) is 0 Å². The van der Waals surface area contributed by atoms with Crippen LogP contribution in [0.3, 0.4) is 0 Å². The van der Waals surface area contributed by atoms with Crippen LogP contribution in [0.4, 0.5) is 0 Å². The second-order valence-electron chi connectivity index (χ2n) is 4.38. The highest BCUT2D eigenvalue weighted by Gasteiger charge is 2.09. The first-order valence-corrected chi connectivity index (χ1v) is 5.73. The molecule has 0 spiro atoms. The second-order valence-corrected chi connectivity index (χ2v) is 4.38. The van der Waals surface area contributed by atoms with Crippen LogP contribution in [0.25, 0.3) is 0 Å². The third-order valence-electron chi connectivity index (χ3n) is 2.94. The molecule has 1 aromatic rings. The molecule has 1 aliphatic carbocycles. The first-order chi connectivity index (χ1) is 8.13. The summed E-state index contributed by atoms with van der Waals surface area (Å²) in [5.41, 5.74) is 0.926. The van der Waals surface area contributed by atoms with Crippen molar-refractivity contribution in [3.05, 3.63) is 47.7 Å². The van der Waals surface area contributed by atoms with E-state index in [2.05, 4.69) is 0 Å². The fraction of sp³-hybridized carbons (Fsp3) is 0.286. The Hall–Kier alpha value is -1.90. The first-order valence-electron chi connectivity index (χ1n) is 5.73. The van der Waals surface area contributed by atoms with Gasteiger partial charge in [0.2, 0.25) is 0 Å². The van der Waals surface area contributed by atoms with Gasteiger partial charge in [0.05, 0.1) is 0 Å². The lowest BCUT2D eigenvalue weighted by Crippen LogP contribution is -2.01. The molecular weight excluding hydrogens is 216 g/mol. The third-order valence-corrected chi connectivity index (χ3v) is 2.94. The number of aliphatic hydroxyl groups is 1. The van der Waals surface area contributed by atoms with Crippen LogP contribution >= 0.6 is 0 Å². The molecule has 0 radical (unpaired) electrons. The quantitative estimate of drug-likeness (QED) is 0.750. The molecule has 1 aromatic carbocycles. The van der Waals surface area contributed by atoms with Gasteiger partial charge in [-0.1, -0.05) is 6.08 Å². The maximum atomic E-state index is 9.35. The molecule has 1 aliphatic rings. The Morgan fingerprint density at radius 1 is 1.06 bits per heavy atom. The average molecular weight is 232 g/mol. The largest absolute Gasteiger partial charge is 0.508 e. The molecule has 2 rings (SSSR count). The molecule has 3 heteroatoms. The fourth-order valence-corrected chi connectivity index (χ4v) is 2.02. The summed E-state index contributed by atoms with van der Waals surface area (Å²) >= 11 is 0. The standard InChI is InChI=1S/C14H16O3/c15-12-5-3-10(4-6-12)1-2-11-7-13(16)9-14(17)8-11/h3,5-10,15-17H,1-2,4H2. The molecule has 0 saturated carbocycles. The van der Waals surface area contributed by atoms with Crippen molar-refractivity contribution in [3.8, 4) is 11.5 Å². The molecule has 0 heterocycles. The summed E-state index contributed by atoms with van der Waals surface area (Å²) in [6.07, 6.45) is 8.10. The molecule has 3 nitrogen and oxygen atoms in total. The highest BCUT2D eigenvalue weighted by Crippen LogP contribution is 2.24. The van der Waals surface area contributed by atoms with Gasteiger partial charge in [0.25, 0.3) is 0 Å². The van der Waals surface area contributed by atoms with Gasteiger partial charge in [0, 0.05) is 6.07 Å². The van der Waals surface area contributed by atoms with Crippen LogP contribution < -0.4 is 0 Å². The SMILES string of the molecule is OC1=CCC(CCc2cc(O)cc(O)c2)C=C1. The highest BCUT2D eigenvalue weighted by molar-refractivity contribution is 5.36. The number of allylic oxidation sites excluding steroid dienone is 3. The number of aliphatic hydroxyl groups excluding tert-OH is 1. The Labute approximate surface area is 100 Å². The number of hydrogen-bond acceptors (Lipinski definition) is 3. The molecule has 0 saturated heterocycles. The zero-order chi connectivity index (χ0) is 12.3. The Morgan fingerprint density at radius 2 is 1.76 bits per heavy atom. The van der Waals surface area contributed by atoms with Crippen molar-refractivity contribution >= 4 is 0 Å². The number of phenolic OH excluding ortho intramolecular Hbond substituents is 2. The van der Waals surface area contributed by atoms with Crippen molar-refractivity contribution in [1.82, 2.24) is 0 Å². The molecule has 3 N–H and O–H groups in total. The summed E-state index contributed by atoms with van der Waals surface area (Å²) in [6, 6.07) is 4.66. The van der Waals surface area contributed by atoms with E-state index in [0.717, 1.165) is 24.8 Å². The minimum Gasteiger partial charge on any atom is -0.508 e. The van der Waals surface area contributed by atoms with Crippen molar-refractivity contribution in [1.29, 1.82) is 0 Å². The van der Waals surface area contributed by atoms with Gasteiger partial charge in [-0.15, -0.1) is 0 Å². The van der Waals surface area contributed by atoms with Crippen molar-refractivity contribution in [2.24, 2.45) is 5.92 Å².